The Morgan fingerprint density at radius 3 is 2.17 bits per heavy atom. The molecule has 0 saturated carbocycles. The number of methoxy groups -OCH3 is 1. The van der Waals surface area contributed by atoms with Gasteiger partial charge in [-0.05, 0) is 49.2 Å². The Morgan fingerprint density at radius 1 is 1.00 bits per heavy atom. The normalized spacial score (nSPS) is 19.0. The number of hydrogen-bond donors (Lipinski definition) is 1. The lowest BCUT2D eigenvalue weighted by atomic mass is 9.96. The van der Waals surface area contributed by atoms with Gasteiger partial charge in [0.15, 0.2) is 0 Å². The number of hydrogen-bond acceptors (Lipinski definition) is 5. The van der Waals surface area contributed by atoms with Gasteiger partial charge in [0, 0.05) is 43.6 Å². The highest BCUT2D eigenvalue weighted by molar-refractivity contribution is 5.98. The minimum atomic E-state index is -0.932. The molecule has 0 radical (unpaired) electrons. The van der Waals surface area contributed by atoms with Crippen LogP contribution in [0.5, 0.6) is 5.75 Å². The van der Waals surface area contributed by atoms with Gasteiger partial charge in [-0.15, -0.1) is 0 Å². The summed E-state index contributed by atoms with van der Waals surface area (Å²) in [5.74, 6) is 0.465. The van der Waals surface area contributed by atoms with Crippen LogP contribution in [0, 0.1) is 12.8 Å². The molecule has 2 aliphatic rings. The maximum absolute atomic E-state index is 13.8. The van der Waals surface area contributed by atoms with Crippen molar-refractivity contribution in [1.29, 1.82) is 0 Å². The first-order chi connectivity index (χ1) is 17.2. The highest BCUT2D eigenvalue weighted by Gasteiger charge is 2.54. The first-order valence-corrected chi connectivity index (χ1v) is 12.5. The first kappa shape index (κ1) is 25.7. The lowest BCUT2D eigenvalue weighted by Gasteiger charge is -2.44. The molecule has 2 fully saturated rings. The lowest BCUT2D eigenvalue weighted by Crippen LogP contribution is -2.60. The molecule has 4 rings (SSSR count). The van der Waals surface area contributed by atoms with Crippen molar-refractivity contribution in [2.24, 2.45) is 5.92 Å². The van der Waals surface area contributed by atoms with E-state index in [2.05, 4.69) is 5.32 Å². The number of likely N-dealkylation sites (tertiary alicyclic amines) is 1. The quantitative estimate of drug-likeness (QED) is 0.668. The number of ether oxygens (including phenoxy) is 2. The van der Waals surface area contributed by atoms with E-state index in [9.17, 15) is 14.4 Å². The zero-order valence-electron chi connectivity index (χ0n) is 21.5. The number of aryl methyl sites for hydroxylation is 1. The first-order valence-electron chi connectivity index (χ1n) is 12.5. The second kappa shape index (κ2) is 10.7. The molecule has 8 heteroatoms. The lowest BCUT2D eigenvalue weighted by molar-refractivity contribution is -0.128. The number of carbonyl (C=O) groups is 3. The summed E-state index contributed by atoms with van der Waals surface area (Å²) in [6.45, 7) is 7.51. The Bertz CT molecular complexity index is 1090. The maximum atomic E-state index is 13.8. The van der Waals surface area contributed by atoms with Crippen molar-refractivity contribution in [3.05, 3.63) is 65.2 Å². The Balaban J connectivity index is 1.54. The van der Waals surface area contributed by atoms with E-state index in [0.29, 0.717) is 55.3 Å². The minimum Gasteiger partial charge on any atom is -0.497 e. The van der Waals surface area contributed by atoms with Crippen molar-refractivity contribution in [1.82, 2.24) is 15.1 Å². The highest BCUT2D eigenvalue weighted by Crippen LogP contribution is 2.39. The van der Waals surface area contributed by atoms with Gasteiger partial charge in [0.2, 0.25) is 5.91 Å². The van der Waals surface area contributed by atoms with E-state index in [1.165, 1.54) is 0 Å². The van der Waals surface area contributed by atoms with Gasteiger partial charge in [0.05, 0.1) is 13.7 Å². The van der Waals surface area contributed by atoms with E-state index < -0.39 is 11.8 Å². The molecule has 36 heavy (non-hydrogen) atoms. The average Bonchev–Trinajstić information content (AvgIpc) is 3.25. The summed E-state index contributed by atoms with van der Waals surface area (Å²) in [4.78, 5) is 43.4. The van der Waals surface area contributed by atoms with Gasteiger partial charge in [-0.25, -0.2) is 0 Å². The van der Waals surface area contributed by atoms with Crippen LogP contribution in [-0.2, 0) is 9.53 Å². The Hall–Kier alpha value is -3.39. The van der Waals surface area contributed by atoms with Gasteiger partial charge in [0.25, 0.3) is 11.8 Å². The molecular weight excluding hydrogens is 458 g/mol. The number of amides is 3. The average molecular weight is 494 g/mol. The fraction of sp³-hybridized carbons (Fsp3) is 0.464. The molecular formula is C28H35N3O5. The number of nitrogens with zero attached hydrogens (tertiary/aromatic N) is 2. The van der Waals surface area contributed by atoms with Crippen molar-refractivity contribution < 1.29 is 23.9 Å². The molecule has 192 valence electrons. The van der Waals surface area contributed by atoms with Crippen molar-refractivity contribution in [3.63, 3.8) is 0 Å². The van der Waals surface area contributed by atoms with Gasteiger partial charge in [-0.2, -0.15) is 0 Å². The SMILES string of the molecule is COc1ccc(C(=O)N2CCC3(CC2)OC[C@@H](C(=O)NCC(C)C)N3C(=O)c2ccc(C)cc2)cc1. The second-order valence-corrected chi connectivity index (χ2v) is 9.97. The summed E-state index contributed by atoms with van der Waals surface area (Å²) >= 11 is 0. The largest absolute Gasteiger partial charge is 0.497 e. The zero-order valence-corrected chi connectivity index (χ0v) is 21.5. The third-order valence-corrected chi connectivity index (χ3v) is 6.93. The van der Waals surface area contributed by atoms with Crippen LogP contribution in [0.1, 0.15) is 53.0 Å². The smallest absolute Gasteiger partial charge is 0.256 e. The standard InChI is InChI=1S/C28H35N3O5/c1-19(2)17-29-25(32)24-18-36-28(31(24)27(34)22-7-5-20(3)6-8-22)13-15-30(16-14-28)26(33)21-9-11-23(35-4)12-10-21/h5-12,19,24H,13-18H2,1-4H3,(H,29,32)/t24-/m0/s1. The van der Waals surface area contributed by atoms with Crippen LogP contribution in [0.25, 0.3) is 0 Å². The van der Waals surface area contributed by atoms with Crippen LogP contribution < -0.4 is 10.1 Å². The van der Waals surface area contributed by atoms with Crippen LogP contribution in [0.4, 0.5) is 0 Å². The van der Waals surface area contributed by atoms with Crippen molar-refractivity contribution in [2.45, 2.75) is 45.4 Å². The van der Waals surface area contributed by atoms with E-state index in [0.717, 1.165) is 5.56 Å². The van der Waals surface area contributed by atoms with E-state index in [-0.39, 0.29) is 24.3 Å². The van der Waals surface area contributed by atoms with E-state index in [4.69, 9.17) is 9.47 Å². The molecule has 0 aromatic heterocycles. The van der Waals surface area contributed by atoms with Crippen molar-refractivity contribution in [2.75, 3.05) is 33.4 Å². The minimum absolute atomic E-state index is 0.0758. The third-order valence-electron chi connectivity index (χ3n) is 6.93. The Kier molecular flexibility index (Phi) is 7.64. The van der Waals surface area contributed by atoms with Gasteiger partial charge >= 0.3 is 0 Å². The fourth-order valence-electron chi connectivity index (χ4n) is 4.80. The summed E-state index contributed by atoms with van der Waals surface area (Å²) in [5, 5.41) is 2.96. The molecule has 1 spiro atoms. The number of carbonyl (C=O) groups excluding carboxylic acids is 3. The second-order valence-electron chi connectivity index (χ2n) is 9.97. The Morgan fingerprint density at radius 2 is 1.58 bits per heavy atom. The van der Waals surface area contributed by atoms with Crippen LogP contribution in [0.2, 0.25) is 0 Å². The zero-order chi connectivity index (χ0) is 25.9. The van der Waals surface area contributed by atoms with E-state index in [1.807, 2.05) is 32.9 Å². The molecule has 1 atom stereocenters. The van der Waals surface area contributed by atoms with E-state index >= 15 is 0 Å². The van der Waals surface area contributed by atoms with Gasteiger partial charge in [-0.3, -0.25) is 19.3 Å². The molecule has 3 amide bonds. The van der Waals surface area contributed by atoms with Crippen LogP contribution in [0.3, 0.4) is 0 Å². The summed E-state index contributed by atoms with van der Waals surface area (Å²) in [6.07, 6.45) is 0.862. The molecule has 2 aromatic rings. The van der Waals surface area contributed by atoms with Gasteiger partial charge < -0.3 is 19.7 Å². The van der Waals surface area contributed by atoms with Gasteiger partial charge in [-0.1, -0.05) is 31.5 Å². The summed E-state index contributed by atoms with van der Waals surface area (Å²) < 4.78 is 11.4. The molecule has 1 N–H and O–H groups in total. The molecule has 0 bridgehead atoms. The highest BCUT2D eigenvalue weighted by atomic mass is 16.5. The molecule has 8 nitrogen and oxygen atoms in total. The fourth-order valence-corrected chi connectivity index (χ4v) is 4.80. The van der Waals surface area contributed by atoms with Crippen LogP contribution in [0.15, 0.2) is 48.5 Å². The predicted molar refractivity (Wildman–Crippen MR) is 136 cm³/mol. The van der Waals surface area contributed by atoms with Crippen molar-refractivity contribution in [3.8, 4) is 5.75 Å². The monoisotopic (exact) mass is 493 g/mol. The molecule has 2 saturated heterocycles. The van der Waals surface area contributed by atoms with Gasteiger partial charge in [0.1, 0.15) is 17.5 Å². The summed E-state index contributed by atoms with van der Waals surface area (Å²) in [7, 11) is 1.59. The maximum Gasteiger partial charge on any atom is 0.256 e. The number of nitrogens with one attached hydrogen (secondary N) is 1. The molecule has 0 unspecified atom stereocenters. The predicted octanol–water partition coefficient (Wildman–Crippen LogP) is 3.25. The number of rotatable bonds is 6. The number of piperidine rings is 1. The van der Waals surface area contributed by atoms with E-state index in [1.54, 1.807) is 53.3 Å². The summed E-state index contributed by atoms with van der Waals surface area (Å²) in [5.41, 5.74) is 1.22. The van der Waals surface area contributed by atoms with Crippen LogP contribution in [-0.4, -0.2) is 72.6 Å². The topological polar surface area (TPSA) is 88.2 Å². The molecule has 2 aliphatic heterocycles. The third kappa shape index (κ3) is 5.23. The summed E-state index contributed by atoms with van der Waals surface area (Å²) in [6, 6.07) is 13.7. The van der Waals surface area contributed by atoms with Crippen LogP contribution >= 0.6 is 0 Å². The Labute approximate surface area is 212 Å². The number of benzene rings is 2. The molecule has 2 heterocycles. The van der Waals surface area contributed by atoms with Crippen molar-refractivity contribution >= 4 is 17.7 Å². The molecule has 2 aromatic carbocycles. The molecule has 0 aliphatic carbocycles.